The van der Waals surface area contributed by atoms with Gasteiger partial charge in [-0.15, -0.1) is 23.5 Å². The molecule has 82 heavy (non-hydrogen) atoms. The fourth-order valence-corrected chi connectivity index (χ4v) is 12.9. The summed E-state index contributed by atoms with van der Waals surface area (Å²) in [5, 5.41) is 2.60. The topological polar surface area (TPSA) is 95.3 Å². The molecule has 0 aliphatic carbocycles. The Morgan fingerprint density at radius 1 is 0.537 bits per heavy atom. The highest BCUT2D eigenvalue weighted by Crippen LogP contribution is 2.55. The van der Waals surface area contributed by atoms with Crippen LogP contribution in [0.5, 0.6) is 5.75 Å². The molecule has 0 saturated carbocycles. The van der Waals surface area contributed by atoms with E-state index in [-0.39, 0.29) is 23.0 Å². The molecule has 14 heteroatoms. The molecule has 0 saturated heterocycles. The molecule has 3 aromatic heterocycles. The number of ether oxygens (including phenoxy) is 1. The number of aromatic nitrogens is 2. The van der Waals surface area contributed by atoms with Crippen molar-refractivity contribution in [3.05, 3.63) is 246 Å². The van der Waals surface area contributed by atoms with E-state index in [4.69, 9.17) is 19.1 Å². The summed E-state index contributed by atoms with van der Waals surface area (Å²) in [6, 6.07) is 63.3. The second kappa shape index (κ2) is 21.3. The molecular formula is C68H50N6O4S4. The van der Waals surface area contributed by atoms with Crippen molar-refractivity contribution in [3.8, 4) is 5.75 Å². The van der Waals surface area contributed by atoms with E-state index in [1.165, 1.54) is 0 Å². The average molecular weight is 1140 g/mol. The fraction of sp³-hybridized carbons (Fsp3) is 0.0882. The monoisotopic (exact) mass is 1140 g/mol. The number of benzene rings is 8. The number of furan rings is 1. The highest BCUT2D eigenvalue weighted by atomic mass is 32.2. The van der Waals surface area contributed by atoms with Gasteiger partial charge < -0.3 is 19.0 Å². The zero-order valence-corrected chi connectivity index (χ0v) is 47.9. The summed E-state index contributed by atoms with van der Waals surface area (Å²) in [5.74, 6) is 1.05. The van der Waals surface area contributed by atoms with Gasteiger partial charge in [0.15, 0.2) is 0 Å². The third-order valence-corrected chi connectivity index (χ3v) is 17.8. The standard InChI is InChI=1S/C68H50N6O4S4/c1-81-51-23-19-47(20-24-51)71(45-13-7-41(39-79)8-14-45)59-29-27-55(65-53(59)31-35-77-65)63-61-62(68(76)73(63)49-17-11-43-5-3-33-69-57(43)37-49)64(74(67(61)75)50-18-12-44-6-4-34-70-58(44)38-50)56-28-30-60(54-32-36-78-66(54)56)72(46-15-9-42(40-80)10-16-46)48-21-25-52(82-2)26-22-48/h3-31,33-35,37-38,79-80H,32,36,39-40H2,1-2H3. The van der Waals surface area contributed by atoms with Crippen LogP contribution in [0.15, 0.2) is 232 Å². The first-order valence-corrected chi connectivity index (χ1v) is 30.5. The Balaban J connectivity index is 1.02. The lowest BCUT2D eigenvalue weighted by Crippen LogP contribution is -2.30. The van der Waals surface area contributed by atoms with Crippen LogP contribution < -0.4 is 24.3 Å². The second-order valence-corrected chi connectivity index (χ2v) is 22.4. The number of hydrogen-bond acceptors (Lipinski definition) is 12. The van der Waals surface area contributed by atoms with E-state index in [1.54, 1.807) is 52.0 Å². The summed E-state index contributed by atoms with van der Waals surface area (Å²) in [6.45, 7) is 0.395. The molecule has 0 radical (unpaired) electrons. The van der Waals surface area contributed by atoms with Gasteiger partial charge in [-0.25, -0.2) is 0 Å². The summed E-state index contributed by atoms with van der Waals surface area (Å²) in [4.78, 5) is 52.4. The Kier molecular flexibility index (Phi) is 13.4. The molecule has 2 amide bonds. The number of anilines is 8. The first kappa shape index (κ1) is 51.5. The van der Waals surface area contributed by atoms with Crippen molar-refractivity contribution in [1.82, 2.24) is 9.97 Å². The van der Waals surface area contributed by atoms with Gasteiger partial charge in [-0.05, 0) is 163 Å². The molecule has 11 aromatic rings. The number of thiol groups is 2. The minimum absolute atomic E-state index is 0.232. The summed E-state index contributed by atoms with van der Waals surface area (Å²) < 4.78 is 13.4. The highest BCUT2D eigenvalue weighted by molar-refractivity contribution is 7.98. The minimum atomic E-state index is -0.385. The summed E-state index contributed by atoms with van der Waals surface area (Å²) in [6.07, 6.45) is 9.89. The van der Waals surface area contributed by atoms with Crippen LogP contribution in [0.3, 0.4) is 0 Å². The molecule has 0 bridgehead atoms. The molecule has 14 rings (SSSR count). The Bertz CT molecular complexity index is 4330. The largest absolute Gasteiger partial charge is 0.492 e. The number of fused-ring (bicyclic) bond motifs is 5. The van der Waals surface area contributed by atoms with Crippen molar-refractivity contribution < 1.29 is 18.7 Å². The van der Waals surface area contributed by atoms with Crippen LogP contribution in [0.25, 0.3) is 44.2 Å². The van der Waals surface area contributed by atoms with E-state index in [2.05, 4.69) is 157 Å². The molecule has 3 aliphatic rings. The van der Waals surface area contributed by atoms with Gasteiger partial charge in [0.05, 0.1) is 69.2 Å². The number of pyridine rings is 2. The van der Waals surface area contributed by atoms with E-state index in [0.29, 0.717) is 80.8 Å². The molecular weight excluding hydrogens is 1090 g/mol. The number of nitrogens with zero attached hydrogens (tertiary/aromatic N) is 6. The van der Waals surface area contributed by atoms with Crippen molar-refractivity contribution in [2.24, 2.45) is 0 Å². The predicted octanol–water partition coefficient (Wildman–Crippen LogP) is 16.9. The van der Waals surface area contributed by atoms with Crippen LogP contribution in [-0.2, 0) is 27.5 Å². The zero-order valence-electron chi connectivity index (χ0n) is 44.5. The van der Waals surface area contributed by atoms with Gasteiger partial charge in [0, 0.05) is 95.7 Å². The maximum atomic E-state index is 16.4. The van der Waals surface area contributed by atoms with Crippen LogP contribution in [0.4, 0.5) is 45.5 Å². The van der Waals surface area contributed by atoms with Crippen molar-refractivity contribution in [1.29, 1.82) is 0 Å². The number of rotatable bonds is 14. The first-order chi connectivity index (χ1) is 40.3. The lowest BCUT2D eigenvalue weighted by atomic mass is 9.97. The number of amides is 2. The van der Waals surface area contributed by atoms with Crippen molar-refractivity contribution in [2.75, 3.05) is 38.7 Å². The second-order valence-electron chi connectivity index (χ2n) is 20.0. The average Bonchev–Trinajstić information content (AvgIpc) is 3.43. The molecule has 0 unspecified atom stereocenters. The highest BCUT2D eigenvalue weighted by Gasteiger charge is 2.51. The number of hydrogen-bond donors (Lipinski definition) is 2. The molecule has 0 atom stereocenters. The molecule has 400 valence electrons. The van der Waals surface area contributed by atoms with Gasteiger partial charge >= 0.3 is 0 Å². The minimum Gasteiger partial charge on any atom is -0.492 e. The van der Waals surface area contributed by atoms with Gasteiger partial charge in [0.1, 0.15) is 11.3 Å². The first-order valence-electron chi connectivity index (χ1n) is 26.8. The summed E-state index contributed by atoms with van der Waals surface area (Å²) in [7, 11) is 0. The molecule has 6 heterocycles. The lowest BCUT2D eigenvalue weighted by Gasteiger charge is -2.29. The third-order valence-electron chi connectivity index (χ3n) is 15.5. The maximum absolute atomic E-state index is 16.4. The quantitative estimate of drug-likeness (QED) is 0.0810. The molecule has 3 aliphatic heterocycles. The summed E-state index contributed by atoms with van der Waals surface area (Å²) >= 11 is 12.5. The SMILES string of the molecule is CSc1ccc(N(c2ccc(CS)cc2)c2ccc(C3=C4C(=O)N(c5ccc6cccnc6c5)C(c5ccc(N(c6ccc(CS)cc6)c6ccc(SC)cc6)c6ccoc56)=C4C(=O)N3c3ccc4cccnc4c3)c3c2CCO3)cc1. The number of carbonyl (C=O) groups is 2. The Hall–Kier alpha value is -8.66. The number of carbonyl (C=O) groups excluding carboxylic acids is 2. The van der Waals surface area contributed by atoms with Crippen LogP contribution in [0.2, 0.25) is 0 Å². The van der Waals surface area contributed by atoms with Gasteiger partial charge in [0.2, 0.25) is 0 Å². The van der Waals surface area contributed by atoms with Crippen molar-refractivity contribution in [3.63, 3.8) is 0 Å². The molecule has 8 aromatic carbocycles. The van der Waals surface area contributed by atoms with Gasteiger partial charge in [-0.3, -0.25) is 29.4 Å². The van der Waals surface area contributed by atoms with Crippen LogP contribution >= 0.6 is 48.8 Å². The van der Waals surface area contributed by atoms with Gasteiger partial charge in [-0.2, -0.15) is 25.3 Å². The maximum Gasteiger partial charge on any atom is 0.265 e. The lowest BCUT2D eigenvalue weighted by molar-refractivity contribution is -0.115. The van der Waals surface area contributed by atoms with Crippen LogP contribution in [0, 0.1) is 0 Å². The van der Waals surface area contributed by atoms with Gasteiger partial charge in [0.25, 0.3) is 11.8 Å². The zero-order chi connectivity index (χ0) is 55.6. The smallest absolute Gasteiger partial charge is 0.265 e. The molecule has 10 nitrogen and oxygen atoms in total. The molecule has 0 fully saturated rings. The fourth-order valence-electron chi connectivity index (χ4n) is 11.6. The van der Waals surface area contributed by atoms with E-state index < -0.39 is 0 Å². The van der Waals surface area contributed by atoms with Crippen molar-refractivity contribution >= 4 is 150 Å². The predicted molar refractivity (Wildman–Crippen MR) is 342 cm³/mol. The normalized spacial score (nSPS) is 14.0. The Morgan fingerprint density at radius 3 is 1.52 bits per heavy atom. The van der Waals surface area contributed by atoms with Crippen LogP contribution in [0.1, 0.15) is 27.8 Å². The van der Waals surface area contributed by atoms with E-state index in [9.17, 15) is 0 Å². The van der Waals surface area contributed by atoms with Gasteiger partial charge in [-0.1, -0.05) is 48.5 Å². The molecule has 0 spiro atoms. The third kappa shape index (κ3) is 8.71. The van der Waals surface area contributed by atoms with E-state index in [0.717, 1.165) is 76.8 Å². The van der Waals surface area contributed by atoms with Crippen molar-refractivity contribution in [2.45, 2.75) is 27.7 Å². The molecule has 0 N–H and O–H groups in total. The summed E-state index contributed by atoms with van der Waals surface area (Å²) in [5.41, 5.74) is 14.2. The Labute approximate surface area is 493 Å². The van der Waals surface area contributed by atoms with Crippen LogP contribution in [-0.4, -0.2) is 40.9 Å². The number of thioether (sulfide) groups is 2. The van der Waals surface area contributed by atoms with E-state index in [1.807, 2.05) is 78.9 Å². The van der Waals surface area contributed by atoms with E-state index >= 15 is 9.59 Å². The Morgan fingerprint density at radius 2 is 1.01 bits per heavy atom.